The quantitative estimate of drug-likeness (QED) is 0.750. The Labute approximate surface area is 159 Å². The highest BCUT2D eigenvalue weighted by atomic mass is 32.1. The molecule has 0 bridgehead atoms. The van der Waals surface area contributed by atoms with E-state index in [0.717, 1.165) is 34.3 Å². The molecule has 5 rings (SSSR count). The number of fused-ring (bicyclic) bond motifs is 2. The zero-order valence-electron chi connectivity index (χ0n) is 14.8. The molecule has 0 saturated carbocycles. The summed E-state index contributed by atoms with van der Waals surface area (Å²) in [5.74, 6) is -0.476. The molecule has 8 heteroatoms. The fourth-order valence-corrected chi connectivity index (χ4v) is 5.19. The Morgan fingerprint density at radius 3 is 2.89 bits per heavy atom. The average molecular weight is 384 g/mol. The van der Waals surface area contributed by atoms with E-state index >= 15 is 0 Å². The number of carbonyl (C=O) groups is 1. The van der Waals surface area contributed by atoms with E-state index in [0.29, 0.717) is 25.1 Å². The fourth-order valence-electron chi connectivity index (χ4n) is 3.97. The molecule has 140 valence electrons. The number of hydrogen-bond donors (Lipinski definition) is 1. The molecule has 1 saturated heterocycles. The number of aromatic nitrogens is 2. The maximum absolute atomic E-state index is 12.4. The third kappa shape index (κ3) is 2.93. The number of amides is 1. The van der Waals surface area contributed by atoms with E-state index < -0.39 is 0 Å². The highest BCUT2D eigenvalue weighted by molar-refractivity contribution is 7.15. The second kappa shape index (κ2) is 6.53. The second-order valence-corrected chi connectivity index (χ2v) is 8.13. The number of hydrogen-bond acceptors (Lipinski definition) is 6. The van der Waals surface area contributed by atoms with Gasteiger partial charge in [-0.15, -0.1) is 11.3 Å². The van der Waals surface area contributed by atoms with Crippen molar-refractivity contribution in [3.8, 4) is 0 Å². The van der Waals surface area contributed by atoms with Gasteiger partial charge in [0.2, 0.25) is 5.91 Å². The standard InChI is InChI=1S/C19H20N4O3S/c24-16-9-12(11-23-14-5-1-2-6-15(14)26-19(23)25)17-13(10-20-16)21-18(27-17)22-7-3-4-8-22/h1-2,5-6,12H,3-4,7-11H2,(H,20,24). The van der Waals surface area contributed by atoms with E-state index in [1.165, 1.54) is 12.8 Å². The number of carbonyl (C=O) groups excluding carboxylic acids is 1. The maximum atomic E-state index is 12.4. The monoisotopic (exact) mass is 384 g/mol. The third-order valence-corrected chi connectivity index (χ3v) is 6.65. The number of anilines is 1. The maximum Gasteiger partial charge on any atom is 0.419 e. The van der Waals surface area contributed by atoms with Gasteiger partial charge in [0.25, 0.3) is 0 Å². The first-order chi connectivity index (χ1) is 13.2. The van der Waals surface area contributed by atoms with E-state index in [4.69, 9.17) is 9.40 Å². The minimum Gasteiger partial charge on any atom is -0.408 e. The lowest BCUT2D eigenvalue weighted by atomic mass is 10.0. The number of benzene rings is 1. The van der Waals surface area contributed by atoms with Crippen LogP contribution in [0.15, 0.2) is 33.5 Å². The first kappa shape index (κ1) is 16.6. The van der Waals surface area contributed by atoms with Crippen LogP contribution in [0.2, 0.25) is 0 Å². The molecule has 1 atom stereocenters. The van der Waals surface area contributed by atoms with Gasteiger partial charge >= 0.3 is 5.76 Å². The Morgan fingerprint density at radius 2 is 2.04 bits per heavy atom. The van der Waals surface area contributed by atoms with Crippen molar-refractivity contribution >= 4 is 33.5 Å². The summed E-state index contributed by atoms with van der Waals surface area (Å²) in [7, 11) is 0. The first-order valence-corrected chi connectivity index (χ1v) is 10.1. The fraction of sp³-hybridized carbons (Fsp3) is 0.421. The van der Waals surface area contributed by atoms with Gasteiger partial charge in [-0.1, -0.05) is 12.1 Å². The van der Waals surface area contributed by atoms with E-state index in [9.17, 15) is 9.59 Å². The predicted octanol–water partition coefficient (Wildman–Crippen LogP) is 2.45. The molecule has 0 spiro atoms. The lowest BCUT2D eigenvalue weighted by Crippen LogP contribution is -2.24. The van der Waals surface area contributed by atoms with Gasteiger partial charge in [-0.2, -0.15) is 0 Å². The molecular weight excluding hydrogens is 364 g/mol. The topological polar surface area (TPSA) is 80.4 Å². The van der Waals surface area contributed by atoms with Gasteiger partial charge in [0.1, 0.15) is 0 Å². The van der Waals surface area contributed by atoms with Crippen molar-refractivity contribution in [2.24, 2.45) is 0 Å². The van der Waals surface area contributed by atoms with Gasteiger partial charge in [0.15, 0.2) is 10.7 Å². The van der Waals surface area contributed by atoms with Crippen LogP contribution < -0.4 is 16.0 Å². The van der Waals surface area contributed by atoms with E-state index in [1.807, 2.05) is 18.2 Å². The Bertz CT molecular complexity index is 1060. The molecule has 2 aromatic heterocycles. The summed E-state index contributed by atoms with van der Waals surface area (Å²) in [6.45, 7) is 2.94. The van der Waals surface area contributed by atoms with Gasteiger partial charge < -0.3 is 14.6 Å². The molecule has 1 unspecified atom stereocenters. The molecule has 27 heavy (non-hydrogen) atoms. The third-order valence-electron chi connectivity index (χ3n) is 5.33. The molecule has 1 fully saturated rings. The van der Waals surface area contributed by atoms with Crippen LogP contribution in [0, 0.1) is 0 Å². The zero-order valence-corrected chi connectivity index (χ0v) is 15.6. The minimum absolute atomic E-state index is 0.00577. The number of nitrogens with one attached hydrogen (secondary N) is 1. The molecule has 1 N–H and O–H groups in total. The van der Waals surface area contributed by atoms with Crippen LogP contribution in [0.3, 0.4) is 0 Å². The molecule has 2 aliphatic rings. The molecule has 1 amide bonds. The van der Waals surface area contributed by atoms with E-state index in [1.54, 1.807) is 22.0 Å². The first-order valence-electron chi connectivity index (χ1n) is 9.28. The zero-order chi connectivity index (χ0) is 18.4. The number of rotatable bonds is 3. The van der Waals surface area contributed by atoms with Crippen molar-refractivity contribution in [2.75, 3.05) is 18.0 Å². The molecule has 4 heterocycles. The predicted molar refractivity (Wildman–Crippen MR) is 103 cm³/mol. The molecule has 0 aliphatic carbocycles. The summed E-state index contributed by atoms with van der Waals surface area (Å²) in [5.41, 5.74) is 2.26. The van der Waals surface area contributed by atoms with Crippen LogP contribution in [-0.4, -0.2) is 28.5 Å². The highest BCUT2D eigenvalue weighted by Gasteiger charge is 2.29. The van der Waals surface area contributed by atoms with Gasteiger partial charge in [-0.3, -0.25) is 9.36 Å². The second-order valence-electron chi connectivity index (χ2n) is 7.13. The van der Waals surface area contributed by atoms with Gasteiger partial charge in [0.05, 0.1) is 17.8 Å². The number of nitrogens with zero attached hydrogens (tertiary/aromatic N) is 3. The SMILES string of the molecule is O=C1CC(Cn2c(=O)oc3ccccc32)c2sc(N3CCCC3)nc2CN1. The molecular formula is C19H20N4O3S. The number of thiazole rings is 1. The van der Waals surface area contributed by atoms with E-state index in [2.05, 4.69) is 10.2 Å². The summed E-state index contributed by atoms with van der Waals surface area (Å²) in [6.07, 6.45) is 2.74. The lowest BCUT2D eigenvalue weighted by molar-refractivity contribution is -0.121. The van der Waals surface area contributed by atoms with E-state index in [-0.39, 0.29) is 17.6 Å². The molecule has 7 nitrogen and oxygen atoms in total. The molecule has 3 aromatic rings. The summed E-state index contributed by atoms with van der Waals surface area (Å²) in [4.78, 5) is 32.8. The largest absolute Gasteiger partial charge is 0.419 e. The summed E-state index contributed by atoms with van der Waals surface area (Å²) in [5, 5.41) is 3.97. The van der Waals surface area contributed by atoms with Crippen molar-refractivity contribution < 1.29 is 9.21 Å². The van der Waals surface area contributed by atoms with Crippen LogP contribution in [-0.2, 0) is 17.9 Å². The van der Waals surface area contributed by atoms with Crippen LogP contribution in [0.1, 0.15) is 35.8 Å². The summed E-state index contributed by atoms with van der Waals surface area (Å²) < 4.78 is 7.00. The average Bonchev–Trinajstić information content (AvgIpc) is 3.37. The highest BCUT2D eigenvalue weighted by Crippen LogP contribution is 2.37. The van der Waals surface area contributed by atoms with Crippen molar-refractivity contribution in [3.05, 3.63) is 45.4 Å². The number of para-hydroxylation sites is 2. The smallest absolute Gasteiger partial charge is 0.408 e. The van der Waals surface area contributed by atoms with Gasteiger partial charge in [-0.25, -0.2) is 9.78 Å². The normalized spacial score (nSPS) is 19.9. The van der Waals surface area contributed by atoms with Crippen LogP contribution in [0.5, 0.6) is 0 Å². The van der Waals surface area contributed by atoms with Crippen LogP contribution in [0.25, 0.3) is 11.1 Å². The Kier molecular flexibility index (Phi) is 4.00. The molecule has 0 radical (unpaired) electrons. The summed E-state index contributed by atoms with van der Waals surface area (Å²) >= 11 is 1.67. The lowest BCUT2D eigenvalue weighted by Gasteiger charge is -2.15. The van der Waals surface area contributed by atoms with Crippen molar-refractivity contribution in [1.82, 2.24) is 14.9 Å². The Balaban J connectivity index is 1.54. The van der Waals surface area contributed by atoms with Crippen LogP contribution >= 0.6 is 11.3 Å². The van der Waals surface area contributed by atoms with Crippen molar-refractivity contribution in [1.29, 1.82) is 0 Å². The Morgan fingerprint density at radius 1 is 1.22 bits per heavy atom. The van der Waals surface area contributed by atoms with Crippen molar-refractivity contribution in [2.45, 2.75) is 38.3 Å². The van der Waals surface area contributed by atoms with Gasteiger partial charge in [-0.05, 0) is 25.0 Å². The number of oxazole rings is 1. The molecule has 2 aliphatic heterocycles. The van der Waals surface area contributed by atoms with Gasteiger partial charge in [0, 0.05) is 36.9 Å². The minimum atomic E-state index is -0.383. The van der Waals surface area contributed by atoms with Crippen LogP contribution in [0.4, 0.5) is 5.13 Å². The van der Waals surface area contributed by atoms with Crippen molar-refractivity contribution in [3.63, 3.8) is 0 Å². The molecule has 1 aromatic carbocycles. The Hall–Kier alpha value is -2.61. The summed E-state index contributed by atoms with van der Waals surface area (Å²) in [6, 6.07) is 7.40.